The van der Waals surface area contributed by atoms with Gasteiger partial charge in [0.05, 0.1) is 6.54 Å². The molecule has 1 N–H and O–H groups in total. The fourth-order valence-electron chi connectivity index (χ4n) is 1.26. The number of aromatic nitrogens is 2. The molecule has 0 aliphatic heterocycles. The van der Waals surface area contributed by atoms with Crippen molar-refractivity contribution in [3.05, 3.63) is 10.0 Å². The zero-order valence-corrected chi connectivity index (χ0v) is 12.4. The fourth-order valence-corrected chi connectivity index (χ4v) is 2.24. The predicted molar refractivity (Wildman–Crippen MR) is 71.2 cm³/mol. The van der Waals surface area contributed by atoms with Crippen LogP contribution in [0.2, 0.25) is 0 Å². The molecule has 0 aliphatic rings. The topological polar surface area (TPSA) is 47.0 Å². The summed E-state index contributed by atoms with van der Waals surface area (Å²) in [6.07, 6.45) is 0.894. The van der Waals surface area contributed by atoms with Gasteiger partial charge in [-0.1, -0.05) is 18.3 Å². The fraction of sp³-hybridized carbons (Fsp3) is 0.833. The summed E-state index contributed by atoms with van der Waals surface area (Å²) in [5.41, 5.74) is -0.210. The van der Waals surface area contributed by atoms with Crippen molar-refractivity contribution in [1.82, 2.24) is 15.5 Å². The van der Waals surface area contributed by atoms with E-state index in [1.807, 2.05) is 0 Å². The third kappa shape index (κ3) is 4.01. The van der Waals surface area contributed by atoms with E-state index < -0.39 is 0 Å². The van der Waals surface area contributed by atoms with E-state index in [2.05, 4.69) is 50.1 Å². The highest BCUT2D eigenvalue weighted by Crippen LogP contribution is 2.30. The quantitative estimate of drug-likeness (QED) is 0.881. The Kier molecular flexibility index (Phi) is 4.63. The molecule has 0 spiro atoms. The van der Waals surface area contributed by atoms with Crippen molar-refractivity contribution in [3.8, 4) is 0 Å². The number of rotatable bonds is 5. The third-order valence-corrected chi connectivity index (χ3v) is 3.98. The van der Waals surface area contributed by atoms with Gasteiger partial charge in [0.1, 0.15) is 15.6 Å². The summed E-state index contributed by atoms with van der Waals surface area (Å²) in [5.74, 6) is 0. The van der Waals surface area contributed by atoms with Crippen molar-refractivity contribution in [1.29, 1.82) is 0 Å². The third-order valence-electron chi connectivity index (χ3n) is 2.81. The van der Waals surface area contributed by atoms with Gasteiger partial charge < -0.3 is 10.1 Å². The molecule has 1 rings (SSSR count). The number of hydrogen-bond acceptors (Lipinski definition) is 5. The first-order valence-electron chi connectivity index (χ1n) is 5.94. The molecule has 0 bridgehead atoms. The van der Waals surface area contributed by atoms with Gasteiger partial charge in [0.15, 0.2) is 0 Å². The molecule has 0 amide bonds. The van der Waals surface area contributed by atoms with Crippen LogP contribution in [-0.2, 0) is 16.9 Å². The van der Waals surface area contributed by atoms with E-state index in [0.29, 0.717) is 0 Å². The average Bonchev–Trinajstić information content (AvgIpc) is 2.73. The Morgan fingerprint density at radius 3 is 2.35 bits per heavy atom. The molecule has 1 unspecified atom stereocenters. The van der Waals surface area contributed by atoms with Crippen molar-refractivity contribution in [2.24, 2.45) is 0 Å². The van der Waals surface area contributed by atoms with Crippen LogP contribution in [-0.4, -0.2) is 22.8 Å². The number of nitrogens with zero attached hydrogens (tertiary/aromatic N) is 2. The molecule has 0 saturated carbocycles. The molecule has 5 heteroatoms. The van der Waals surface area contributed by atoms with Crippen LogP contribution >= 0.6 is 11.3 Å². The molecular weight excluding hydrogens is 234 g/mol. The summed E-state index contributed by atoms with van der Waals surface area (Å²) in [4.78, 5) is 0. The number of nitrogens with one attached hydrogen (secondary N) is 1. The van der Waals surface area contributed by atoms with Gasteiger partial charge >= 0.3 is 0 Å². The molecule has 1 heterocycles. The molecule has 98 valence electrons. The molecule has 17 heavy (non-hydrogen) atoms. The summed E-state index contributed by atoms with van der Waals surface area (Å²) in [6.45, 7) is 11.3. The monoisotopic (exact) mass is 257 g/mol. The molecule has 0 aromatic carbocycles. The van der Waals surface area contributed by atoms with Crippen LogP contribution in [0.25, 0.3) is 0 Å². The number of ether oxygens (including phenoxy) is 1. The van der Waals surface area contributed by atoms with E-state index in [1.54, 1.807) is 18.4 Å². The van der Waals surface area contributed by atoms with Gasteiger partial charge in [-0.15, -0.1) is 10.2 Å². The van der Waals surface area contributed by atoms with Gasteiger partial charge in [-0.05, 0) is 34.1 Å². The van der Waals surface area contributed by atoms with Gasteiger partial charge in [-0.3, -0.25) is 0 Å². The summed E-state index contributed by atoms with van der Waals surface area (Å²) >= 11 is 1.62. The smallest absolute Gasteiger partial charge is 0.149 e. The van der Waals surface area contributed by atoms with Gasteiger partial charge in [0.25, 0.3) is 0 Å². The average molecular weight is 257 g/mol. The maximum atomic E-state index is 5.52. The van der Waals surface area contributed by atoms with Crippen LogP contribution in [0, 0.1) is 0 Å². The minimum absolute atomic E-state index is 0.0984. The molecule has 0 aliphatic carbocycles. The van der Waals surface area contributed by atoms with Crippen molar-refractivity contribution in [3.63, 3.8) is 0 Å². The second-order valence-electron chi connectivity index (χ2n) is 5.39. The van der Waals surface area contributed by atoms with Gasteiger partial charge in [0.2, 0.25) is 0 Å². The van der Waals surface area contributed by atoms with Gasteiger partial charge in [-0.2, -0.15) is 0 Å². The Morgan fingerprint density at radius 2 is 1.88 bits per heavy atom. The lowest BCUT2D eigenvalue weighted by Gasteiger charge is -2.23. The Morgan fingerprint density at radius 1 is 1.24 bits per heavy atom. The minimum atomic E-state index is -0.308. The van der Waals surface area contributed by atoms with Crippen molar-refractivity contribution >= 4 is 11.3 Å². The van der Waals surface area contributed by atoms with Crippen molar-refractivity contribution < 1.29 is 4.74 Å². The number of hydrogen-bond donors (Lipinski definition) is 1. The Labute approximate surface area is 108 Å². The summed E-state index contributed by atoms with van der Waals surface area (Å²) < 4.78 is 5.52. The van der Waals surface area contributed by atoms with E-state index in [9.17, 15) is 0 Å². The molecular formula is C12H23N3OS. The minimum Gasteiger partial charge on any atom is -0.371 e. The maximum Gasteiger partial charge on any atom is 0.149 e. The van der Waals surface area contributed by atoms with Crippen molar-refractivity contribution in [2.75, 3.05) is 7.11 Å². The first-order chi connectivity index (χ1) is 7.80. The first-order valence-corrected chi connectivity index (χ1v) is 6.75. The Hall–Kier alpha value is -0.520. The largest absolute Gasteiger partial charge is 0.371 e. The van der Waals surface area contributed by atoms with E-state index in [1.165, 1.54) is 0 Å². The molecule has 4 nitrogen and oxygen atoms in total. The molecule has 1 atom stereocenters. The SMILES string of the molecule is CCC(C)(OC)c1nnc(CNC(C)(C)C)s1. The van der Waals surface area contributed by atoms with E-state index in [-0.39, 0.29) is 11.1 Å². The highest BCUT2D eigenvalue weighted by Gasteiger charge is 2.28. The zero-order chi connectivity index (χ0) is 13.1. The second kappa shape index (κ2) is 5.42. The standard InChI is InChI=1S/C12H23N3OS/c1-7-12(5,16-6)10-15-14-9(17-10)8-13-11(2,3)4/h13H,7-8H2,1-6H3. The van der Waals surface area contributed by atoms with Crippen LogP contribution in [0.3, 0.4) is 0 Å². The van der Waals surface area contributed by atoms with Crippen LogP contribution in [0.15, 0.2) is 0 Å². The first kappa shape index (κ1) is 14.5. The lowest BCUT2D eigenvalue weighted by atomic mass is 10.1. The van der Waals surface area contributed by atoms with E-state index >= 15 is 0 Å². The summed E-state index contributed by atoms with van der Waals surface area (Å²) in [6, 6.07) is 0. The van der Waals surface area contributed by atoms with Crippen molar-refractivity contribution in [2.45, 2.75) is 58.7 Å². The van der Waals surface area contributed by atoms with Gasteiger partial charge in [-0.25, -0.2) is 0 Å². The lowest BCUT2D eigenvalue weighted by Crippen LogP contribution is -2.35. The lowest BCUT2D eigenvalue weighted by molar-refractivity contribution is -0.00207. The normalized spacial score (nSPS) is 15.9. The van der Waals surface area contributed by atoms with Gasteiger partial charge in [0, 0.05) is 12.6 Å². The highest BCUT2D eigenvalue weighted by atomic mass is 32.1. The van der Waals surface area contributed by atoms with Crippen LogP contribution in [0.4, 0.5) is 0 Å². The van der Waals surface area contributed by atoms with E-state index in [4.69, 9.17) is 4.74 Å². The van der Waals surface area contributed by atoms with Crippen LogP contribution in [0.1, 0.15) is 51.1 Å². The highest BCUT2D eigenvalue weighted by molar-refractivity contribution is 7.11. The molecule has 1 aromatic heterocycles. The Balaban J connectivity index is 2.71. The summed E-state index contributed by atoms with van der Waals surface area (Å²) in [5, 5.41) is 13.8. The summed E-state index contributed by atoms with van der Waals surface area (Å²) in [7, 11) is 1.72. The molecule has 0 radical (unpaired) electrons. The Bertz CT molecular complexity index is 353. The van der Waals surface area contributed by atoms with Crippen LogP contribution in [0.5, 0.6) is 0 Å². The van der Waals surface area contributed by atoms with E-state index in [0.717, 1.165) is 23.0 Å². The predicted octanol–water partition coefficient (Wildman–Crippen LogP) is 2.70. The van der Waals surface area contributed by atoms with Crippen LogP contribution < -0.4 is 5.32 Å². The number of methoxy groups -OCH3 is 1. The zero-order valence-electron chi connectivity index (χ0n) is 11.6. The second-order valence-corrected chi connectivity index (χ2v) is 6.46. The molecule has 0 fully saturated rings. The molecule has 1 aromatic rings. The maximum absolute atomic E-state index is 5.52. The molecule has 0 saturated heterocycles.